The molecular weight excluding hydrogens is 236 g/mol. The fourth-order valence-corrected chi connectivity index (χ4v) is 2.94. The summed E-state index contributed by atoms with van der Waals surface area (Å²) < 4.78 is 0. The van der Waals surface area contributed by atoms with Crippen LogP contribution in [-0.4, -0.2) is 35.7 Å². The number of hydrogen-bond acceptors (Lipinski definition) is 3. The second kappa shape index (κ2) is 5.93. The van der Waals surface area contributed by atoms with E-state index in [0.717, 1.165) is 18.5 Å². The molecule has 104 valence electrons. The summed E-state index contributed by atoms with van der Waals surface area (Å²) in [6, 6.07) is 8.45. The third-order valence-corrected chi connectivity index (χ3v) is 4.22. The van der Waals surface area contributed by atoms with E-state index in [2.05, 4.69) is 10.2 Å². The Balaban J connectivity index is 1.48. The first kappa shape index (κ1) is 12.9. The molecule has 0 aromatic heterocycles. The van der Waals surface area contributed by atoms with Crippen LogP contribution in [0.3, 0.4) is 0 Å². The molecule has 1 aliphatic carbocycles. The molecule has 3 heteroatoms. The van der Waals surface area contributed by atoms with E-state index >= 15 is 0 Å². The van der Waals surface area contributed by atoms with E-state index in [1.165, 1.54) is 50.9 Å². The Morgan fingerprint density at radius 3 is 2.68 bits per heavy atom. The van der Waals surface area contributed by atoms with E-state index in [-0.39, 0.29) is 0 Å². The van der Waals surface area contributed by atoms with Crippen LogP contribution in [0.4, 0.5) is 0 Å². The van der Waals surface area contributed by atoms with Gasteiger partial charge in [-0.1, -0.05) is 12.1 Å². The maximum absolute atomic E-state index is 9.31. The lowest BCUT2D eigenvalue weighted by molar-refractivity contribution is 0.165. The lowest BCUT2D eigenvalue weighted by atomic mass is 9.97. The van der Waals surface area contributed by atoms with E-state index in [0.29, 0.717) is 5.75 Å². The molecule has 1 atom stereocenters. The highest BCUT2D eigenvalue weighted by atomic mass is 16.3. The molecule has 2 aliphatic rings. The second-order valence-corrected chi connectivity index (χ2v) is 6.09. The van der Waals surface area contributed by atoms with Gasteiger partial charge in [-0.05, 0) is 62.4 Å². The Morgan fingerprint density at radius 2 is 1.95 bits per heavy atom. The molecule has 1 aliphatic heterocycles. The van der Waals surface area contributed by atoms with Crippen LogP contribution < -0.4 is 5.32 Å². The van der Waals surface area contributed by atoms with Gasteiger partial charge in [-0.25, -0.2) is 0 Å². The van der Waals surface area contributed by atoms with Crippen molar-refractivity contribution in [2.24, 2.45) is 5.92 Å². The molecule has 1 unspecified atom stereocenters. The molecule has 0 spiro atoms. The minimum Gasteiger partial charge on any atom is -0.508 e. The molecule has 0 radical (unpaired) electrons. The van der Waals surface area contributed by atoms with Crippen LogP contribution in [0, 0.1) is 5.92 Å². The van der Waals surface area contributed by atoms with Crippen LogP contribution in [-0.2, 0) is 6.54 Å². The van der Waals surface area contributed by atoms with Crippen LogP contribution in [0.25, 0.3) is 0 Å². The van der Waals surface area contributed by atoms with E-state index in [9.17, 15) is 5.11 Å². The number of rotatable bonds is 5. The first-order chi connectivity index (χ1) is 9.29. The zero-order valence-electron chi connectivity index (χ0n) is 11.5. The molecule has 3 rings (SSSR count). The highest BCUT2D eigenvalue weighted by Crippen LogP contribution is 2.22. The topological polar surface area (TPSA) is 35.5 Å². The summed E-state index contributed by atoms with van der Waals surface area (Å²) in [5.41, 5.74) is 1.30. The van der Waals surface area contributed by atoms with Gasteiger partial charge in [0.25, 0.3) is 0 Å². The number of nitrogens with zero attached hydrogens (tertiary/aromatic N) is 1. The van der Waals surface area contributed by atoms with Gasteiger partial charge in [-0.3, -0.25) is 4.90 Å². The van der Waals surface area contributed by atoms with Crippen molar-refractivity contribution in [2.45, 2.75) is 38.3 Å². The minimum absolute atomic E-state index is 0.355. The summed E-state index contributed by atoms with van der Waals surface area (Å²) >= 11 is 0. The molecule has 1 saturated carbocycles. The summed E-state index contributed by atoms with van der Waals surface area (Å²) in [6.45, 7) is 4.62. The van der Waals surface area contributed by atoms with Crippen LogP contribution in [0.2, 0.25) is 0 Å². The van der Waals surface area contributed by atoms with Crippen molar-refractivity contribution in [1.29, 1.82) is 0 Å². The first-order valence-electron chi connectivity index (χ1n) is 7.53. The summed E-state index contributed by atoms with van der Waals surface area (Å²) in [5, 5.41) is 13.0. The number of aromatic hydroxyl groups is 1. The number of benzene rings is 1. The van der Waals surface area contributed by atoms with Crippen LogP contribution in [0.15, 0.2) is 24.3 Å². The Hall–Kier alpha value is -1.06. The first-order valence-corrected chi connectivity index (χ1v) is 7.53. The quantitative estimate of drug-likeness (QED) is 0.853. The average molecular weight is 260 g/mol. The minimum atomic E-state index is 0.355. The molecule has 1 aromatic rings. The van der Waals surface area contributed by atoms with Gasteiger partial charge >= 0.3 is 0 Å². The fraction of sp³-hybridized carbons (Fsp3) is 0.625. The molecule has 1 aromatic carbocycles. The van der Waals surface area contributed by atoms with Crippen LogP contribution >= 0.6 is 0 Å². The molecule has 0 bridgehead atoms. The maximum atomic E-state index is 9.31. The Kier molecular flexibility index (Phi) is 4.04. The van der Waals surface area contributed by atoms with Gasteiger partial charge in [0.1, 0.15) is 5.75 Å². The van der Waals surface area contributed by atoms with Gasteiger partial charge in [-0.2, -0.15) is 0 Å². The van der Waals surface area contributed by atoms with E-state index in [1.807, 2.05) is 12.1 Å². The third-order valence-electron chi connectivity index (χ3n) is 4.22. The van der Waals surface area contributed by atoms with E-state index in [4.69, 9.17) is 0 Å². The van der Waals surface area contributed by atoms with Crippen LogP contribution in [0.1, 0.15) is 31.2 Å². The monoisotopic (exact) mass is 260 g/mol. The highest BCUT2D eigenvalue weighted by molar-refractivity contribution is 5.25. The van der Waals surface area contributed by atoms with Gasteiger partial charge < -0.3 is 10.4 Å². The van der Waals surface area contributed by atoms with Gasteiger partial charge in [0, 0.05) is 19.1 Å². The van der Waals surface area contributed by atoms with Crippen molar-refractivity contribution >= 4 is 0 Å². The number of nitrogens with one attached hydrogen (secondary N) is 1. The van der Waals surface area contributed by atoms with Crippen molar-refractivity contribution in [1.82, 2.24) is 10.2 Å². The predicted octanol–water partition coefficient (Wildman–Crippen LogP) is 2.36. The molecule has 0 amide bonds. The second-order valence-electron chi connectivity index (χ2n) is 6.09. The molecule has 19 heavy (non-hydrogen) atoms. The summed E-state index contributed by atoms with van der Waals surface area (Å²) in [5.74, 6) is 1.17. The molecule has 1 saturated heterocycles. The smallest absolute Gasteiger partial charge is 0.115 e. The van der Waals surface area contributed by atoms with Gasteiger partial charge in [0.15, 0.2) is 0 Å². The predicted molar refractivity (Wildman–Crippen MR) is 77.1 cm³/mol. The Morgan fingerprint density at radius 1 is 1.16 bits per heavy atom. The van der Waals surface area contributed by atoms with Crippen LogP contribution in [0.5, 0.6) is 5.75 Å². The Bertz CT molecular complexity index is 400. The molecule has 2 fully saturated rings. The number of phenols is 1. The zero-order valence-corrected chi connectivity index (χ0v) is 11.5. The van der Waals surface area contributed by atoms with Crippen molar-refractivity contribution in [3.8, 4) is 5.75 Å². The fourth-order valence-electron chi connectivity index (χ4n) is 2.94. The standard InChI is InChI=1S/C16H24N2O/c19-16-7-3-13(4-8-16)11-18-9-1-2-14(12-18)10-17-15-5-6-15/h3-4,7-8,14-15,17,19H,1-2,5-6,9-12H2. The molecule has 3 nitrogen and oxygen atoms in total. The third kappa shape index (κ3) is 3.95. The largest absolute Gasteiger partial charge is 0.508 e. The summed E-state index contributed by atoms with van der Waals surface area (Å²) in [7, 11) is 0. The molecule has 2 N–H and O–H groups in total. The van der Waals surface area contributed by atoms with Gasteiger partial charge in [0.2, 0.25) is 0 Å². The van der Waals surface area contributed by atoms with Gasteiger partial charge in [-0.15, -0.1) is 0 Å². The number of hydrogen-bond donors (Lipinski definition) is 2. The number of piperidine rings is 1. The summed E-state index contributed by atoms with van der Waals surface area (Å²) in [4.78, 5) is 2.55. The maximum Gasteiger partial charge on any atom is 0.115 e. The number of phenolic OH excluding ortho intramolecular Hbond substituents is 1. The Labute approximate surface area is 115 Å². The average Bonchev–Trinajstić information content (AvgIpc) is 3.24. The summed E-state index contributed by atoms with van der Waals surface area (Å²) in [6.07, 6.45) is 5.44. The highest BCUT2D eigenvalue weighted by Gasteiger charge is 2.24. The SMILES string of the molecule is Oc1ccc(CN2CCCC(CNC3CC3)C2)cc1. The lowest BCUT2D eigenvalue weighted by Crippen LogP contribution is -2.39. The van der Waals surface area contributed by atoms with Gasteiger partial charge in [0.05, 0.1) is 0 Å². The van der Waals surface area contributed by atoms with E-state index < -0.39 is 0 Å². The number of likely N-dealkylation sites (tertiary alicyclic amines) is 1. The van der Waals surface area contributed by atoms with Crippen molar-refractivity contribution < 1.29 is 5.11 Å². The lowest BCUT2D eigenvalue weighted by Gasteiger charge is -2.33. The zero-order chi connectivity index (χ0) is 13.1. The molecular formula is C16H24N2O. The molecule has 1 heterocycles. The normalized spacial score (nSPS) is 24.5. The van der Waals surface area contributed by atoms with Crippen molar-refractivity contribution in [2.75, 3.05) is 19.6 Å². The van der Waals surface area contributed by atoms with Crippen molar-refractivity contribution in [3.63, 3.8) is 0 Å². The van der Waals surface area contributed by atoms with E-state index in [1.54, 1.807) is 12.1 Å². The van der Waals surface area contributed by atoms with Crippen molar-refractivity contribution in [3.05, 3.63) is 29.8 Å².